The van der Waals surface area contributed by atoms with E-state index < -0.39 is 0 Å². The number of nitrogens with zero attached hydrogens (tertiary/aromatic N) is 4. The Morgan fingerprint density at radius 1 is 1.09 bits per heavy atom. The second-order valence-corrected chi connectivity index (χ2v) is 9.93. The van der Waals surface area contributed by atoms with Crippen LogP contribution in [0.2, 0.25) is 0 Å². The summed E-state index contributed by atoms with van der Waals surface area (Å²) in [4.78, 5) is 16.7. The van der Waals surface area contributed by atoms with E-state index in [-0.39, 0.29) is 11.2 Å². The summed E-state index contributed by atoms with van der Waals surface area (Å²) >= 11 is 0. The van der Waals surface area contributed by atoms with E-state index in [1.165, 1.54) is 17.7 Å². The minimum Gasteiger partial charge on any atom is -0.377 e. The molecular weight excluding hydrogens is 439 g/mol. The number of hydrogen-bond acceptors (Lipinski definition) is 5. The molecule has 0 radical (unpaired) electrons. The van der Waals surface area contributed by atoms with E-state index in [4.69, 9.17) is 14.7 Å². The number of hydrogen-bond donors (Lipinski definition) is 0. The highest BCUT2D eigenvalue weighted by atomic mass is 19.1. The first-order valence-electron chi connectivity index (χ1n) is 12.0. The molecular formula is C29H27FN4O. The summed E-state index contributed by atoms with van der Waals surface area (Å²) in [6, 6.07) is 12.9. The van der Waals surface area contributed by atoms with Crippen molar-refractivity contribution in [3.05, 3.63) is 83.6 Å². The third-order valence-corrected chi connectivity index (χ3v) is 7.02. The summed E-state index contributed by atoms with van der Waals surface area (Å²) in [5.41, 5.74) is 8.61. The highest BCUT2D eigenvalue weighted by molar-refractivity contribution is 5.99. The van der Waals surface area contributed by atoms with Crippen LogP contribution in [0.3, 0.4) is 0 Å². The van der Waals surface area contributed by atoms with E-state index in [9.17, 15) is 4.39 Å². The normalized spacial score (nSPS) is 16.9. The van der Waals surface area contributed by atoms with Gasteiger partial charge in [-0.15, -0.1) is 0 Å². The molecule has 0 spiro atoms. The van der Waals surface area contributed by atoms with E-state index in [0.717, 1.165) is 64.5 Å². The number of pyridine rings is 3. The van der Waals surface area contributed by atoms with Crippen LogP contribution in [-0.2, 0) is 10.2 Å². The highest BCUT2D eigenvalue weighted by Gasteiger charge is 2.39. The van der Waals surface area contributed by atoms with Crippen molar-refractivity contribution in [1.29, 1.82) is 0 Å². The first kappa shape index (κ1) is 21.9. The summed E-state index contributed by atoms with van der Waals surface area (Å²) in [6.07, 6.45) is 6.78. The van der Waals surface area contributed by atoms with Crippen molar-refractivity contribution < 1.29 is 9.13 Å². The molecule has 0 unspecified atom stereocenters. The van der Waals surface area contributed by atoms with Crippen LogP contribution >= 0.6 is 0 Å². The lowest BCUT2D eigenvalue weighted by Crippen LogP contribution is -2.26. The third-order valence-electron chi connectivity index (χ3n) is 7.02. The van der Waals surface area contributed by atoms with Gasteiger partial charge in [-0.05, 0) is 54.8 Å². The Morgan fingerprint density at radius 2 is 1.97 bits per heavy atom. The van der Waals surface area contributed by atoms with E-state index in [2.05, 4.69) is 42.8 Å². The van der Waals surface area contributed by atoms with Gasteiger partial charge in [0.2, 0.25) is 0 Å². The highest BCUT2D eigenvalue weighted by Crippen LogP contribution is 2.48. The van der Waals surface area contributed by atoms with Crippen molar-refractivity contribution in [3.8, 4) is 11.4 Å². The van der Waals surface area contributed by atoms with E-state index in [1.807, 2.05) is 30.5 Å². The maximum absolute atomic E-state index is 14.3. The van der Waals surface area contributed by atoms with Crippen LogP contribution in [0.4, 0.5) is 15.8 Å². The van der Waals surface area contributed by atoms with Crippen molar-refractivity contribution in [1.82, 2.24) is 15.0 Å². The number of fused-ring (bicyclic) bond motifs is 2. The van der Waals surface area contributed by atoms with Gasteiger partial charge >= 0.3 is 0 Å². The van der Waals surface area contributed by atoms with Crippen LogP contribution in [0.25, 0.3) is 27.9 Å². The molecule has 6 rings (SSSR count). The molecule has 0 N–H and O–H groups in total. The van der Waals surface area contributed by atoms with Gasteiger partial charge in [-0.2, -0.15) is 0 Å². The van der Waals surface area contributed by atoms with Crippen molar-refractivity contribution in [2.75, 3.05) is 24.7 Å². The van der Waals surface area contributed by atoms with Gasteiger partial charge in [0, 0.05) is 41.4 Å². The van der Waals surface area contributed by atoms with E-state index in [1.54, 1.807) is 6.20 Å². The lowest BCUT2D eigenvalue weighted by molar-refractivity contribution is 0.161. The summed E-state index contributed by atoms with van der Waals surface area (Å²) < 4.78 is 19.8. The predicted molar refractivity (Wildman–Crippen MR) is 137 cm³/mol. The van der Waals surface area contributed by atoms with Crippen molar-refractivity contribution in [3.63, 3.8) is 0 Å². The van der Waals surface area contributed by atoms with Crippen LogP contribution in [0, 0.1) is 12.7 Å². The van der Waals surface area contributed by atoms with Crippen molar-refractivity contribution >= 4 is 27.9 Å². The molecule has 0 aliphatic carbocycles. The minimum atomic E-state index is -0.302. The minimum absolute atomic E-state index is 0.148. The first-order chi connectivity index (χ1) is 16.9. The molecule has 176 valence electrons. The fourth-order valence-electron chi connectivity index (χ4n) is 5.32. The SMILES string of the molecule is Cc1c(-c2ccccn2)nc2cc(F)ccc2c1N1CC(C)(C)c2ncc(C3=CCOCC3)cc21. The largest absolute Gasteiger partial charge is 0.377 e. The Balaban J connectivity index is 1.60. The number of benzene rings is 1. The molecule has 0 saturated heterocycles. The molecule has 35 heavy (non-hydrogen) atoms. The third kappa shape index (κ3) is 3.69. The molecule has 1 aromatic carbocycles. The number of aromatic nitrogens is 3. The van der Waals surface area contributed by atoms with Gasteiger partial charge in [-0.3, -0.25) is 9.97 Å². The smallest absolute Gasteiger partial charge is 0.125 e. The quantitative estimate of drug-likeness (QED) is 0.351. The number of ether oxygens (including phenoxy) is 1. The molecule has 2 aliphatic rings. The van der Waals surface area contributed by atoms with Gasteiger partial charge in [-0.1, -0.05) is 26.0 Å². The van der Waals surface area contributed by atoms with Gasteiger partial charge in [-0.25, -0.2) is 9.37 Å². The monoisotopic (exact) mass is 466 g/mol. The number of rotatable bonds is 3. The van der Waals surface area contributed by atoms with E-state index in [0.29, 0.717) is 12.1 Å². The van der Waals surface area contributed by atoms with Crippen LogP contribution in [-0.4, -0.2) is 34.7 Å². The molecule has 0 bridgehead atoms. The molecule has 5 nitrogen and oxygen atoms in total. The predicted octanol–water partition coefficient (Wildman–Crippen LogP) is 6.37. The van der Waals surface area contributed by atoms with Crippen LogP contribution in [0.5, 0.6) is 0 Å². The molecule has 5 heterocycles. The standard InChI is InChI=1S/C29H27FN4O/c1-18-26(23-6-4-5-11-31-23)33-24-15-21(30)7-8-22(24)27(18)34-17-29(2,3)28-25(34)14-20(16-32-28)19-9-12-35-13-10-19/h4-9,11,14-16H,10,12-13,17H2,1-3H3. The van der Waals surface area contributed by atoms with Crippen molar-refractivity contribution in [2.24, 2.45) is 0 Å². The first-order valence-corrected chi connectivity index (χ1v) is 12.0. The van der Waals surface area contributed by atoms with Crippen LogP contribution in [0.1, 0.15) is 37.1 Å². The fraction of sp³-hybridized carbons (Fsp3) is 0.276. The maximum atomic E-state index is 14.3. The molecule has 0 atom stereocenters. The molecule has 4 aromatic rings. The zero-order chi connectivity index (χ0) is 24.2. The van der Waals surface area contributed by atoms with Gasteiger partial charge in [0.05, 0.1) is 47.2 Å². The molecule has 0 amide bonds. The maximum Gasteiger partial charge on any atom is 0.125 e. The molecule has 0 saturated carbocycles. The Bertz CT molecular complexity index is 1480. The Kier molecular flexibility index (Phi) is 5.15. The number of anilines is 2. The summed E-state index contributed by atoms with van der Waals surface area (Å²) in [6.45, 7) is 8.66. The molecule has 0 fully saturated rings. The molecule has 6 heteroatoms. The molecule has 3 aromatic heterocycles. The lowest BCUT2D eigenvalue weighted by Gasteiger charge is -2.27. The molecule has 2 aliphatic heterocycles. The second-order valence-electron chi connectivity index (χ2n) is 9.93. The summed E-state index contributed by atoms with van der Waals surface area (Å²) in [7, 11) is 0. The van der Waals surface area contributed by atoms with Gasteiger partial charge in [0.1, 0.15) is 5.82 Å². The van der Waals surface area contributed by atoms with Crippen molar-refractivity contribution in [2.45, 2.75) is 32.6 Å². The Morgan fingerprint density at radius 3 is 2.74 bits per heavy atom. The van der Waals surface area contributed by atoms with Gasteiger partial charge in [0.15, 0.2) is 0 Å². The van der Waals surface area contributed by atoms with Crippen LogP contribution < -0.4 is 4.90 Å². The fourth-order valence-corrected chi connectivity index (χ4v) is 5.32. The Hall–Kier alpha value is -3.64. The second kappa shape index (κ2) is 8.24. The van der Waals surface area contributed by atoms with Gasteiger partial charge in [0.25, 0.3) is 0 Å². The van der Waals surface area contributed by atoms with Crippen LogP contribution in [0.15, 0.2) is 60.9 Å². The summed E-state index contributed by atoms with van der Waals surface area (Å²) in [5, 5.41) is 0.919. The zero-order valence-corrected chi connectivity index (χ0v) is 20.2. The average Bonchev–Trinajstić information content (AvgIpc) is 3.14. The average molecular weight is 467 g/mol. The lowest BCUT2D eigenvalue weighted by atomic mass is 9.90. The topological polar surface area (TPSA) is 51.1 Å². The Labute approximate surface area is 204 Å². The zero-order valence-electron chi connectivity index (χ0n) is 20.2. The number of halogens is 1. The van der Waals surface area contributed by atoms with E-state index >= 15 is 0 Å². The summed E-state index contributed by atoms with van der Waals surface area (Å²) in [5.74, 6) is -0.302. The van der Waals surface area contributed by atoms with Gasteiger partial charge < -0.3 is 9.64 Å².